The number of fused-ring (bicyclic) bond motifs is 1. The van der Waals surface area contributed by atoms with E-state index in [1.807, 2.05) is 0 Å². The molecule has 1 aromatic rings. The lowest BCUT2D eigenvalue weighted by molar-refractivity contribution is -0.113. The Morgan fingerprint density at radius 1 is 1.42 bits per heavy atom. The molecule has 2 amide bonds. The molecule has 1 aliphatic rings. The van der Waals surface area contributed by atoms with Crippen LogP contribution < -0.4 is 10.6 Å². The smallest absolute Gasteiger partial charge is 0.251 e. The van der Waals surface area contributed by atoms with Crippen molar-refractivity contribution in [3.8, 4) is 0 Å². The largest absolute Gasteiger partial charge is 0.394 e. The van der Waals surface area contributed by atoms with Crippen molar-refractivity contribution >= 4 is 29.3 Å². The SMILES string of the molecule is O=C1CSc2ccc(C(=O)NC(CO)CO)cc2N1. The van der Waals surface area contributed by atoms with E-state index in [9.17, 15) is 9.59 Å². The van der Waals surface area contributed by atoms with Gasteiger partial charge in [-0.25, -0.2) is 0 Å². The number of hydrogen-bond acceptors (Lipinski definition) is 5. The topological polar surface area (TPSA) is 98.7 Å². The Bertz CT molecular complexity index is 503. The van der Waals surface area contributed by atoms with Crippen molar-refractivity contribution in [3.05, 3.63) is 23.8 Å². The first-order chi connectivity index (χ1) is 9.13. The van der Waals surface area contributed by atoms with E-state index in [2.05, 4.69) is 10.6 Å². The zero-order valence-electron chi connectivity index (χ0n) is 10.0. The molecule has 0 aromatic heterocycles. The van der Waals surface area contributed by atoms with E-state index >= 15 is 0 Å². The van der Waals surface area contributed by atoms with Crippen LogP contribution in [0.1, 0.15) is 10.4 Å². The lowest BCUT2D eigenvalue weighted by atomic mass is 10.1. The summed E-state index contributed by atoms with van der Waals surface area (Å²) in [6.07, 6.45) is 0. The summed E-state index contributed by atoms with van der Waals surface area (Å²) in [6.45, 7) is -0.667. The Morgan fingerprint density at radius 3 is 2.84 bits per heavy atom. The number of carbonyl (C=O) groups excluding carboxylic acids is 2. The summed E-state index contributed by atoms with van der Waals surface area (Å²) in [4.78, 5) is 24.1. The van der Waals surface area contributed by atoms with Crippen LogP contribution in [0.5, 0.6) is 0 Å². The van der Waals surface area contributed by atoms with Crippen molar-refractivity contribution in [1.82, 2.24) is 5.32 Å². The average molecular weight is 282 g/mol. The maximum Gasteiger partial charge on any atom is 0.251 e. The number of thioether (sulfide) groups is 1. The van der Waals surface area contributed by atoms with Crippen molar-refractivity contribution < 1.29 is 19.8 Å². The average Bonchev–Trinajstić information content (AvgIpc) is 2.43. The van der Waals surface area contributed by atoms with Crippen molar-refractivity contribution in [2.24, 2.45) is 0 Å². The third kappa shape index (κ3) is 3.25. The van der Waals surface area contributed by atoms with Gasteiger partial charge in [-0.05, 0) is 18.2 Å². The molecule has 1 aliphatic heterocycles. The van der Waals surface area contributed by atoms with Crippen LogP contribution in [-0.2, 0) is 4.79 Å². The third-order valence-electron chi connectivity index (χ3n) is 2.65. The first kappa shape index (κ1) is 13.9. The molecule has 0 radical (unpaired) electrons. The van der Waals surface area contributed by atoms with E-state index in [1.54, 1.807) is 18.2 Å². The van der Waals surface area contributed by atoms with Gasteiger partial charge in [-0.15, -0.1) is 11.8 Å². The second kappa shape index (κ2) is 6.05. The van der Waals surface area contributed by atoms with Gasteiger partial charge in [0.15, 0.2) is 0 Å². The molecule has 6 nitrogen and oxygen atoms in total. The molecule has 0 atom stereocenters. The summed E-state index contributed by atoms with van der Waals surface area (Å²) in [7, 11) is 0. The van der Waals surface area contributed by atoms with Crippen LogP contribution in [0, 0.1) is 0 Å². The van der Waals surface area contributed by atoms with Crippen molar-refractivity contribution in [2.75, 3.05) is 24.3 Å². The molecule has 0 spiro atoms. The molecule has 4 N–H and O–H groups in total. The van der Waals surface area contributed by atoms with Gasteiger partial charge >= 0.3 is 0 Å². The highest BCUT2D eigenvalue weighted by Gasteiger charge is 2.18. The van der Waals surface area contributed by atoms with Gasteiger partial charge in [-0.2, -0.15) is 0 Å². The Kier molecular flexibility index (Phi) is 4.41. The van der Waals surface area contributed by atoms with E-state index in [0.29, 0.717) is 17.0 Å². The molecule has 0 saturated heterocycles. The van der Waals surface area contributed by atoms with Crippen LogP contribution in [0.25, 0.3) is 0 Å². The van der Waals surface area contributed by atoms with Gasteiger partial charge in [0.1, 0.15) is 0 Å². The lowest BCUT2D eigenvalue weighted by Crippen LogP contribution is -2.40. The standard InChI is InChI=1S/C12H14N2O4S/c15-4-8(5-16)13-12(18)7-1-2-10-9(3-7)14-11(17)6-19-10/h1-3,8,15-16H,4-6H2,(H,13,18)(H,14,17). The van der Waals surface area contributed by atoms with Gasteiger partial charge in [0.2, 0.25) is 5.91 Å². The van der Waals surface area contributed by atoms with Gasteiger partial charge in [0.05, 0.1) is 30.7 Å². The van der Waals surface area contributed by atoms with Crippen LogP contribution in [0.2, 0.25) is 0 Å². The van der Waals surface area contributed by atoms with Crippen LogP contribution >= 0.6 is 11.8 Å². The fraction of sp³-hybridized carbons (Fsp3) is 0.333. The molecule has 1 aromatic carbocycles. The molecule has 2 rings (SSSR count). The lowest BCUT2D eigenvalue weighted by Gasteiger charge is -2.18. The summed E-state index contributed by atoms with van der Waals surface area (Å²) >= 11 is 1.42. The number of anilines is 1. The van der Waals surface area contributed by atoms with E-state index in [1.165, 1.54) is 11.8 Å². The second-order valence-electron chi connectivity index (χ2n) is 4.08. The molecular formula is C12H14N2O4S. The molecule has 0 saturated carbocycles. The molecule has 7 heteroatoms. The van der Waals surface area contributed by atoms with Gasteiger partial charge in [0, 0.05) is 10.5 Å². The normalized spacial score (nSPS) is 13.9. The van der Waals surface area contributed by atoms with Crippen LogP contribution in [0.3, 0.4) is 0 Å². The van der Waals surface area contributed by atoms with Gasteiger partial charge in [-0.1, -0.05) is 0 Å². The number of carbonyl (C=O) groups is 2. The Hall–Kier alpha value is -1.57. The number of aliphatic hydroxyl groups is 2. The van der Waals surface area contributed by atoms with Crippen LogP contribution in [-0.4, -0.2) is 47.0 Å². The number of benzene rings is 1. The molecule has 0 aliphatic carbocycles. The number of hydrogen-bond donors (Lipinski definition) is 4. The van der Waals surface area contributed by atoms with Gasteiger partial charge in [-0.3, -0.25) is 9.59 Å². The number of aliphatic hydroxyl groups excluding tert-OH is 2. The minimum Gasteiger partial charge on any atom is -0.394 e. The highest BCUT2D eigenvalue weighted by atomic mass is 32.2. The zero-order chi connectivity index (χ0) is 13.8. The second-order valence-corrected chi connectivity index (χ2v) is 5.10. The van der Waals surface area contributed by atoms with Crippen molar-refractivity contribution in [1.29, 1.82) is 0 Å². The summed E-state index contributed by atoms with van der Waals surface area (Å²) in [6, 6.07) is 4.30. The van der Waals surface area contributed by atoms with Gasteiger partial charge < -0.3 is 20.8 Å². The molecule has 0 fully saturated rings. The fourth-order valence-electron chi connectivity index (χ4n) is 1.64. The number of amides is 2. The highest BCUT2D eigenvalue weighted by molar-refractivity contribution is 8.00. The number of nitrogens with one attached hydrogen (secondary N) is 2. The molecule has 0 unspecified atom stereocenters. The van der Waals surface area contributed by atoms with Gasteiger partial charge in [0.25, 0.3) is 5.91 Å². The minimum absolute atomic E-state index is 0.0985. The van der Waals surface area contributed by atoms with E-state index < -0.39 is 11.9 Å². The maximum absolute atomic E-state index is 11.9. The molecule has 19 heavy (non-hydrogen) atoms. The summed E-state index contributed by atoms with van der Waals surface area (Å²) in [5.41, 5.74) is 0.979. The highest BCUT2D eigenvalue weighted by Crippen LogP contribution is 2.31. The molecular weight excluding hydrogens is 268 g/mol. The summed E-state index contributed by atoms with van der Waals surface area (Å²) in [5.74, 6) is -0.130. The molecule has 1 heterocycles. The van der Waals surface area contributed by atoms with E-state index in [4.69, 9.17) is 10.2 Å². The Balaban J connectivity index is 2.15. The monoisotopic (exact) mass is 282 g/mol. The summed E-state index contributed by atoms with van der Waals surface area (Å²) in [5, 5.41) is 23.0. The minimum atomic E-state index is -0.688. The maximum atomic E-state index is 11.9. The van der Waals surface area contributed by atoms with Crippen molar-refractivity contribution in [2.45, 2.75) is 10.9 Å². The quantitative estimate of drug-likeness (QED) is 0.614. The summed E-state index contributed by atoms with van der Waals surface area (Å²) < 4.78 is 0. The Morgan fingerprint density at radius 2 is 2.16 bits per heavy atom. The van der Waals surface area contributed by atoms with Crippen molar-refractivity contribution in [3.63, 3.8) is 0 Å². The number of rotatable bonds is 4. The Labute approximate surface area is 114 Å². The molecule has 102 valence electrons. The predicted molar refractivity (Wildman–Crippen MR) is 71.2 cm³/mol. The van der Waals surface area contributed by atoms with Crippen LogP contribution in [0.15, 0.2) is 23.1 Å². The molecule has 0 bridgehead atoms. The fourth-order valence-corrected chi connectivity index (χ4v) is 2.43. The van der Waals surface area contributed by atoms with E-state index in [-0.39, 0.29) is 19.1 Å². The first-order valence-corrected chi connectivity index (χ1v) is 6.72. The van der Waals surface area contributed by atoms with E-state index in [0.717, 1.165) is 4.90 Å². The third-order valence-corrected chi connectivity index (χ3v) is 3.72. The predicted octanol–water partition coefficient (Wildman–Crippen LogP) is -0.186. The zero-order valence-corrected chi connectivity index (χ0v) is 10.9. The van der Waals surface area contributed by atoms with Crippen LogP contribution in [0.4, 0.5) is 5.69 Å². The first-order valence-electron chi connectivity index (χ1n) is 5.73.